The molecule has 1 aliphatic rings. The van der Waals surface area contributed by atoms with Crippen molar-refractivity contribution in [3.05, 3.63) is 54.4 Å². The zero-order valence-electron chi connectivity index (χ0n) is 17.1. The second-order valence-corrected chi connectivity index (χ2v) is 7.74. The maximum absolute atomic E-state index is 11.5. The van der Waals surface area contributed by atoms with Gasteiger partial charge in [0.05, 0.1) is 18.5 Å². The van der Waals surface area contributed by atoms with Crippen LogP contribution in [0.5, 0.6) is 5.75 Å². The number of pyridine rings is 1. The van der Waals surface area contributed by atoms with Crippen LogP contribution in [0.3, 0.4) is 0 Å². The van der Waals surface area contributed by atoms with E-state index in [-0.39, 0.29) is 23.7 Å². The first-order valence-corrected chi connectivity index (χ1v) is 9.60. The Morgan fingerprint density at radius 2 is 1.93 bits per heavy atom. The number of Topliss-reactive ketones (excluding diaryl/α,β-unsaturated/α-hetero) is 1. The van der Waals surface area contributed by atoms with E-state index in [4.69, 9.17) is 9.47 Å². The lowest BCUT2D eigenvalue weighted by atomic mass is 9.79. The minimum atomic E-state index is 0.00301. The molecule has 0 N–H and O–H groups in total. The molecule has 0 saturated heterocycles. The number of aromatic nitrogens is 1. The number of hydrogen-bond acceptors (Lipinski definition) is 4. The van der Waals surface area contributed by atoms with Crippen LogP contribution >= 0.6 is 0 Å². The predicted molar refractivity (Wildman–Crippen MR) is 110 cm³/mol. The van der Waals surface area contributed by atoms with Crippen LogP contribution in [0.2, 0.25) is 0 Å². The number of ketones is 1. The summed E-state index contributed by atoms with van der Waals surface area (Å²) in [6.07, 6.45) is 12.5. The zero-order chi connectivity index (χ0) is 19.9. The van der Waals surface area contributed by atoms with Gasteiger partial charge in [0.1, 0.15) is 19.0 Å². The van der Waals surface area contributed by atoms with Gasteiger partial charge in [0.15, 0.2) is 5.78 Å². The molecule has 1 heterocycles. The third kappa shape index (κ3) is 6.17. The van der Waals surface area contributed by atoms with Crippen molar-refractivity contribution >= 4 is 11.4 Å². The summed E-state index contributed by atoms with van der Waals surface area (Å²) >= 11 is 0. The molecule has 0 amide bonds. The summed E-state index contributed by atoms with van der Waals surface area (Å²) < 4.78 is 11.0. The minimum Gasteiger partial charge on any atom is -0.490 e. The van der Waals surface area contributed by atoms with Gasteiger partial charge in [-0.2, -0.15) is 0 Å². The number of carbonyl (C=O) groups is 1. The van der Waals surface area contributed by atoms with Gasteiger partial charge >= 0.3 is 0 Å². The van der Waals surface area contributed by atoms with Crippen LogP contribution in [0, 0.1) is 17.3 Å². The molecule has 0 saturated carbocycles. The van der Waals surface area contributed by atoms with Crippen LogP contribution < -0.4 is 4.74 Å². The molecule has 0 aromatic carbocycles. The average Bonchev–Trinajstić information content (AvgIpc) is 2.84. The normalized spacial score (nSPS) is 19.3. The number of allylic oxidation sites excluding steroid dienone is 6. The summed E-state index contributed by atoms with van der Waals surface area (Å²) in [5, 5.41) is 0. The van der Waals surface area contributed by atoms with Gasteiger partial charge in [-0.15, -0.1) is 0 Å². The van der Waals surface area contributed by atoms with Gasteiger partial charge < -0.3 is 9.47 Å². The maximum atomic E-state index is 11.5. The van der Waals surface area contributed by atoms with Gasteiger partial charge in [0.25, 0.3) is 0 Å². The first-order chi connectivity index (χ1) is 12.8. The smallest absolute Gasteiger partial charge is 0.160 e. The van der Waals surface area contributed by atoms with E-state index >= 15 is 0 Å². The minimum absolute atomic E-state index is 0.00301. The Kier molecular flexibility index (Phi) is 7.55. The highest BCUT2D eigenvalue weighted by Gasteiger charge is 2.22. The van der Waals surface area contributed by atoms with Crippen molar-refractivity contribution < 1.29 is 14.3 Å². The van der Waals surface area contributed by atoms with E-state index in [0.717, 1.165) is 11.3 Å². The van der Waals surface area contributed by atoms with E-state index in [0.29, 0.717) is 24.9 Å². The number of ether oxygens (including phenoxy) is 2. The van der Waals surface area contributed by atoms with Crippen molar-refractivity contribution in [2.24, 2.45) is 17.3 Å². The SMILES string of the molecule is CC(C)C(=O)COCCOc1ccc(C2=CC=CC(C)(C(C)C)C=C2)nc1. The summed E-state index contributed by atoms with van der Waals surface area (Å²) in [6.45, 7) is 11.3. The largest absolute Gasteiger partial charge is 0.490 e. The van der Waals surface area contributed by atoms with Gasteiger partial charge in [-0.3, -0.25) is 9.78 Å². The highest BCUT2D eigenvalue weighted by Crippen LogP contribution is 2.33. The van der Waals surface area contributed by atoms with Gasteiger partial charge in [-0.25, -0.2) is 0 Å². The van der Waals surface area contributed by atoms with E-state index in [1.165, 1.54) is 0 Å². The van der Waals surface area contributed by atoms with Crippen LogP contribution in [-0.2, 0) is 9.53 Å². The van der Waals surface area contributed by atoms with Crippen LogP contribution in [0.15, 0.2) is 48.7 Å². The highest BCUT2D eigenvalue weighted by atomic mass is 16.5. The first-order valence-electron chi connectivity index (χ1n) is 9.60. The zero-order valence-corrected chi connectivity index (χ0v) is 17.1. The van der Waals surface area contributed by atoms with Crippen LogP contribution in [0.4, 0.5) is 0 Å². The van der Waals surface area contributed by atoms with Crippen molar-refractivity contribution in [2.75, 3.05) is 19.8 Å². The van der Waals surface area contributed by atoms with Crippen LogP contribution in [0.25, 0.3) is 5.57 Å². The average molecular weight is 370 g/mol. The Morgan fingerprint density at radius 3 is 2.56 bits per heavy atom. The molecule has 4 heteroatoms. The lowest BCUT2D eigenvalue weighted by Crippen LogP contribution is -2.17. The second-order valence-electron chi connectivity index (χ2n) is 7.74. The van der Waals surface area contributed by atoms with E-state index in [1.54, 1.807) is 6.20 Å². The fourth-order valence-electron chi connectivity index (χ4n) is 2.49. The molecule has 0 aliphatic heterocycles. The van der Waals surface area contributed by atoms with Gasteiger partial charge in [-0.1, -0.05) is 65.0 Å². The van der Waals surface area contributed by atoms with Gasteiger partial charge in [-0.05, 0) is 23.6 Å². The molecule has 4 nitrogen and oxygen atoms in total. The Bertz CT molecular complexity index is 714. The first kappa shape index (κ1) is 21.1. The molecule has 1 atom stereocenters. The molecule has 146 valence electrons. The third-order valence-electron chi connectivity index (χ3n) is 5.01. The van der Waals surface area contributed by atoms with Gasteiger partial charge in [0, 0.05) is 11.3 Å². The maximum Gasteiger partial charge on any atom is 0.160 e. The van der Waals surface area contributed by atoms with Crippen molar-refractivity contribution in [3.8, 4) is 5.75 Å². The molecule has 0 fully saturated rings. The molecular weight excluding hydrogens is 338 g/mol. The molecule has 2 rings (SSSR count). The fraction of sp³-hybridized carbons (Fsp3) is 0.478. The summed E-state index contributed by atoms with van der Waals surface area (Å²) in [4.78, 5) is 16.0. The third-order valence-corrected chi connectivity index (χ3v) is 5.01. The Hall–Kier alpha value is -2.20. The molecular formula is C23H31NO3. The van der Waals surface area contributed by atoms with Crippen molar-refractivity contribution in [2.45, 2.75) is 34.6 Å². The van der Waals surface area contributed by atoms with E-state index in [1.807, 2.05) is 26.0 Å². The number of hydrogen-bond donors (Lipinski definition) is 0. The van der Waals surface area contributed by atoms with Gasteiger partial charge in [0.2, 0.25) is 0 Å². The Morgan fingerprint density at radius 1 is 1.15 bits per heavy atom. The molecule has 0 radical (unpaired) electrons. The molecule has 1 aromatic heterocycles. The number of nitrogens with zero attached hydrogens (tertiary/aromatic N) is 1. The fourth-order valence-corrected chi connectivity index (χ4v) is 2.49. The second kappa shape index (κ2) is 9.65. The molecule has 1 aliphatic carbocycles. The quantitative estimate of drug-likeness (QED) is 0.583. The van der Waals surface area contributed by atoms with Crippen LogP contribution in [-0.4, -0.2) is 30.6 Å². The molecule has 1 unspecified atom stereocenters. The van der Waals surface area contributed by atoms with Crippen molar-refractivity contribution in [1.82, 2.24) is 4.98 Å². The van der Waals surface area contributed by atoms with Crippen molar-refractivity contribution in [1.29, 1.82) is 0 Å². The molecule has 1 aromatic rings. The Labute approximate surface area is 163 Å². The summed E-state index contributed by atoms with van der Waals surface area (Å²) in [5.41, 5.74) is 2.05. The molecule has 27 heavy (non-hydrogen) atoms. The van der Waals surface area contributed by atoms with E-state index in [9.17, 15) is 4.79 Å². The van der Waals surface area contributed by atoms with E-state index in [2.05, 4.69) is 56.1 Å². The Balaban J connectivity index is 1.86. The highest BCUT2D eigenvalue weighted by molar-refractivity contribution is 5.81. The summed E-state index contributed by atoms with van der Waals surface area (Å²) in [7, 11) is 0. The van der Waals surface area contributed by atoms with Crippen LogP contribution in [0.1, 0.15) is 40.3 Å². The monoisotopic (exact) mass is 369 g/mol. The molecule has 0 bridgehead atoms. The van der Waals surface area contributed by atoms with Crippen molar-refractivity contribution in [3.63, 3.8) is 0 Å². The van der Waals surface area contributed by atoms with E-state index < -0.39 is 0 Å². The predicted octanol–water partition coefficient (Wildman–Crippen LogP) is 4.87. The summed E-state index contributed by atoms with van der Waals surface area (Å²) in [6, 6.07) is 3.87. The lowest BCUT2D eigenvalue weighted by molar-refractivity contribution is -0.126. The molecule has 0 spiro atoms. The summed E-state index contributed by atoms with van der Waals surface area (Å²) in [5.74, 6) is 1.33. The topological polar surface area (TPSA) is 48.4 Å². The standard InChI is InChI=1S/C23H31NO3/c1-17(2)22(25)16-26-13-14-27-20-8-9-21(24-15-20)19-7-6-11-23(5,12-10-19)18(3)4/h6-12,15,17-18H,13-14,16H2,1-5H3. The number of carbonyl (C=O) groups excluding carboxylic acids is 1. The lowest BCUT2D eigenvalue weighted by Gasteiger charge is -2.26. The number of rotatable bonds is 9.